The fourth-order valence-electron chi connectivity index (χ4n) is 2.16. The van der Waals surface area contributed by atoms with Crippen LogP contribution >= 0.6 is 23.1 Å². The predicted octanol–water partition coefficient (Wildman–Crippen LogP) is 4.13. The molecule has 0 radical (unpaired) electrons. The molecular formula is C19H21N3O3S2. The molecule has 0 aliphatic carbocycles. The number of methoxy groups -OCH3 is 1. The van der Waals surface area contributed by atoms with Crippen LogP contribution in [0.3, 0.4) is 0 Å². The van der Waals surface area contributed by atoms with Crippen LogP contribution < -0.4 is 14.8 Å². The first-order valence-corrected chi connectivity index (χ1v) is 10.2. The van der Waals surface area contributed by atoms with E-state index in [0.29, 0.717) is 10.9 Å². The number of aliphatic hydroxyl groups excluding tert-OH is 1. The van der Waals surface area contributed by atoms with E-state index < -0.39 is 6.10 Å². The van der Waals surface area contributed by atoms with E-state index >= 15 is 0 Å². The van der Waals surface area contributed by atoms with Crippen molar-refractivity contribution < 1.29 is 14.6 Å². The third kappa shape index (κ3) is 6.13. The summed E-state index contributed by atoms with van der Waals surface area (Å²) in [5.41, 5.74) is 2.09. The molecule has 2 aromatic carbocycles. The summed E-state index contributed by atoms with van der Waals surface area (Å²) in [6.07, 6.45) is -0.585. The van der Waals surface area contributed by atoms with Gasteiger partial charge < -0.3 is 19.9 Å². The fraction of sp³-hybridized carbons (Fsp3) is 0.263. The van der Waals surface area contributed by atoms with E-state index in [2.05, 4.69) is 15.5 Å². The largest absolute Gasteiger partial charge is 0.497 e. The highest BCUT2D eigenvalue weighted by Gasteiger charge is 2.10. The molecule has 8 heteroatoms. The van der Waals surface area contributed by atoms with E-state index in [9.17, 15) is 5.11 Å². The Labute approximate surface area is 166 Å². The lowest BCUT2D eigenvalue weighted by Gasteiger charge is -2.11. The van der Waals surface area contributed by atoms with Crippen molar-refractivity contribution in [2.45, 2.75) is 17.4 Å². The van der Waals surface area contributed by atoms with Gasteiger partial charge in [-0.3, -0.25) is 0 Å². The molecule has 6 nitrogen and oxygen atoms in total. The molecule has 3 rings (SSSR count). The zero-order valence-corrected chi connectivity index (χ0v) is 16.7. The molecule has 0 spiro atoms. The highest BCUT2D eigenvalue weighted by Crippen LogP contribution is 2.28. The van der Waals surface area contributed by atoms with Gasteiger partial charge in [-0.05, 0) is 43.3 Å². The third-order valence-corrected chi connectivity index (χ3v) is 5.73. The molecule has 0 unspecified atom stereocenters. The maximum absolute atomic E-state index is 10.1. The topological polar surface area (TPSA) is 76.5 Å². The second-order valence-corrected chi connectivity index (χ2v) is 8.06. The van der Waals surface area contributed by atoms with Crippen LogP contribution in [0.15, 0.2) is 52.9 Å². The smallest absolute Gasteiger partial charge is 0.210 e. The van der Waals surface area contributed by atoms with Crippen molar-refractivity contribution in [1.82, 2.24) is 10.2 Å². The third-order valence-electron chi connectivity index (χ3n) is 3.61. The normalized spacial score (nSPS) is 11.8. The Morgan fingerprint density at radius 1 is 1.07 bits per heavy atom. The lowest BCUT2D eigenvalue weighted by molar-refractivity contribution is 0.126. The summed E-state index contributed by atoms with van der Waals surface area (Å²) in [5, 5.41) is 22.3. The highest BCUT2D eigenvalue weighted by atomic mass is 32.2. The minimum Gasteiger partial charge on any atom is -0.497 e. The number of aliphatic hydroxyl groups is 1. The number of hydrogen-bond acceptors (Lipinski definition) is 8. The molecule has 27 heavy (non-hydrogen) atoms. The number of benzene rings is 2. The Morgan fingerprint density at radius 2 is 1.78 bits per heavy atom. The molecule has 0 aliphatic rings. The average molecular weight is 404 g/mol. The van der Waals surface area contributed by atoms with Crippen LogP contribution in [-0.4, -0.2) is 40.9 Å². The van der Waals surface area contributed by atoms with Gasteiger partial charge in [0.1, 0.15) is 18.1 Å². The lowest BCUT2D eigenvalue weighted by atomic mass is 10.2. The average Bonchev–Trinajstić information content (AvgIpc) is 3.14. The van der Waals surface area contributed by atoms with E-state index in [1.165, 1.54) is 28.7 Å². The van der Waals surface area contributed by atoms with Crippen molar-refractivity contribution in [3.8, 4) is 11.5 Å². The van der Waals surface area contributed by atoms with E-state index in [1.54, 1.807) is 7.11 Å². The maximum Gasteiger partial charge on any atom is 0.210 e. The van der Waals surface area contributed by atoms with Gasteiger partial charge in [0, 0.05) is 11.4 Å². The summed E-state index contributed by atoms with van der Waals surface area (Å²) < 4.78 is 11.5. The monoisotopic (exact) mass is 403 g/mol. The lowest BCUT2D eigenvalue weighted by Crippen LogP contribution is -2.20. The molecule has 0 saturated carbocycles. The maximum atomic E-state index is 10.1. The van der Waals surface area contributed by atoms with Gasteiger partial charge in [0.15, 0.2) is 4.34 Å². The number of nitrogens with one attached hydrogen (secondary N) is 1. The molecule has 0 aliphatic heterocycles. The molecule has 1 atom stereocenters. The molecule has 2 N–H and O–H groups in total. The molecule has 0 amide bonds. The quantitative estimate of drug-likeness (QED) is 0.520. The summed E-state index contributed by atoms with van der Waals surface area (Å²) in [5.74, 6) is 2.05. The number of ether oxygens (including phenoxy) is 2. The molecule has 3 aromatic rings. The first kappa shape index (κ1) is 19.5. The molecule has 142 valence electrons. The van der Waals surface area contributed by atoms with Gasteiger partial charge in [0.25, 0.3) is 0 Å². The van der Waals surface area contributed by atoms with Crippen LogP contribution in [0.25, 0.3) is 0 Å². The van der Waals surface area contributed by atoms with Gasteiger partial charge in [-0.2, -0.15) is 0 Å². The number of hydrogen-bond donors (Lipinski definition) is 2. The van der Waals surface area contributed by atoms with Crippen LogP contribution in [0.4, 0.5) is 10.8 Å². The van der Waals surface area contributed by atoms with Crippen LogP contribution in [0, 0.1) is 6.92 Å². The number of aromatic nitrogens is 2. The van der Waals surface area contributed by atoms with Gasteiger partial charge in [-0.25, -0.2) is 0 Å². The van der Waals surface area contributed by atoms with Gasteiger partial charge in [0.05, 0.1) is 13.2 Å². The molecular weight excluding hydrogens is 382 g/mol. The van der Waals surface area contributed by atoms with Gasteiger partial charge in [-0.15, -0.1) is 10.2 Å². The van der Waals surface area contributed by atoms with E-state index in [4.69, 9.17) is 9.47 Å². The summed E-state index contributed by atoms with van der Waals surface area (Å²) >= 11 is 2.90. The predicted molar refractivity (Wildman–Crippen MR) is 110 cm³/mol. The van der Waals surface area contributed by atoms with Gasteiger partial charge in [-0.1, -0.05) is 40.8 Å². The Kier molecular flexibility index (Phi) is 6.92. The van der Waals surface area contributed by atoms with Crippen LogP contribution in [0.1, 0.15) is 5.56 Å². The SMILES string of the molecule is COc1ccc(Nc2nnc(SC[C@H](O)COc3ccc(C)cc3)s2)cc1. The van der Waals surface area contributed by atoms with Crippen LogP contribution in [0.5, 0.6) is 11.5 Å². The standard InChI is InChI=1S/C19H21N3O3S2/c1-13-3-7-17(8-4-13)25-11-15(23)12-26-19-22-21-18(27-19)20-14-5-9-16(24-2)10-6-14/h3-10,15,23H,11-12H2,1-2H3,(H,20,21)/t15-/m1/s1. The molecule has 0 saturated heterocycles. The molecule has 1 heterocycles. The number of rotatable bonds is 9. The zero-order chi connectivity index (χ0) is 19.1. The summed E-state index contributed by atoms with van der Waals surface area (Å²) in [4.78, 5) is 0. The van der Waals surface area contributed by atoms with Crippen molar-refractivity contribution in [3.63, 3.8) is 0 Å². The van der Waals surface area contributed by atoms with Crippen LogP contribution in [-0.2, 0) is 0 Å². The number of nitrogens with zero attached hydrogens (tertiary/aromatic N) is 2. The number of aryl methyl sites for hydroxylation is 1. The van der Waals surface area contributed by atoms with Crippen molar-refractivity contribution >= 4 is 33.9 Å². The summed E-state index contributed by atoms with van der Waals surface area (Å²) in [7, 11) is 1.64. The Balaban J connectivity index is 1.43. The van der Waals surface area contributed by atoms with E-state index in [1.807, 2.05) is 55.5 Å². The second kappa shape index (κ2) is 9.59. The fourth-order valence-corrected chi connectivity index (χ4v) is 3.86. The van der Waals surface area contributed by atoms with Crippen LogP contribution in [0.2, 0.25) is 0 Å². The summed E-state index contributed by atoms with van der Waals surface area (Å²) in [6.45, 7) is 2.26. The number of thioether (sulfide) groups is 1. The van der Waals surface area contributed by atoms with Gasteiger partial charge in [0.2, 0.25) is 5.13 Å². The first-order chi connectivity index (χ1) is 13.1. The van der Waals surface area contributed by atoms with Crippen molar-refractivity contribution in [1.29, 1.82) is 0 Å². The van der Waals surface area contributed by atoms with E-state index in [0.717, 1.165) is 21.5 Å². The number of anilines is 2. The van der Waals surface area contributed by atoms with E-state index in [-0.39, 0.29) is 6.61 Å². The second-order valence-electron chi connectivity index (χ2n) is 5.82. The molecule has 0 bridgehead atoms. The Bertz CT molecular complexity index is 838. The van der Waals surface area contributed by atoms with Crippen molar-refractivity contribution in [2.75, 3.05) is 24.8 Å². The zero-order valence-electron chi connectivity index (χ0n) is 15.1. The molecule has 0 fully saturated rings. The Hall–Kier alpha value is -2.29. The van der Waals surface area contributed by atoms with Gasteiger partial charge >= 0.3 is 0 Å². The van der Waals surface area contributed by atoms with Crippen molar-refractivity contribution in [3.05, 3.63) is 54.1 Å². The van der Waals surface area contributed by atoms with Crippen molar-refractivity contribution in [2.24, 2.45) is 0 Å². The Morgan fingerprint density at radius 3 is 2.48 bits per heavy atom. The highest BCUT2D eigenvalue weighted by molar-refractivity contribution is 8.01. The molecule has 1 aromatic heterocycles. The summed E-state index contributed by atoms with van der Waals surface area (Å²) in [6, 6.07) is 15.4. The first-order valence-electron chi connectivity index (χ1n) is 8.37. The minimum atomic E-state index is -0.585. The minimum absolute atomic E-state index is 0.242.